The van der Waals surface area contributed by atoms with E-state index >= 15 is 0 Å². The van der Waals surface area contributed by atoms with Crippen molar-refractivity contribution in [2.75, 3.05) is 11.5 Å². The lowest BCUT2D eigenvalue weighted by Gasteiger charge is -2.16. The van der Waals surface area contributed by atoms with E-state index in [-0.39, 0.29) is 36.0 Å². The van der Waals surface area contributed by atoms with Crippen molar-refractivity contribution in [2.45, 2.75) is 33.1 Å². The molecule has 216 valence electrons. The van der Waals surface area contributed by atoms with Gasteiger partial charge in [-0.05, 0) is 62.1 Å². The maximum Gasteiger partial charge on any atom is 0.339 e. The second-order valence-corrected chi connectivity index (χ2v) is 11.9. The minimum atomic E-state index is -0.629. The van der Waals surface area contributed by atoms with Crippen LogP contribution in [0.25, 0.3) is 22.2 Å². The molecule has 1 fully saturated rings. The molecule has 1 aliphatic heterocycles. The van der Waals surface area contributed by atoms with Crippen molar-refractivity contribution in [3.8, 4) is 11.3 Å². The van der Waals surface area contributed by atoms with Gasteiger partial charge in [-0.1, -0.05) is 77.0 Å². The summed E-state index contributed by atoms with van der Waals surface area (Å²) in [4.78, 5) is 58.5. The first kappa shape index (κ1) is 28.7. The molecule has 3 aromatic carbocycles. The van der Waals surface area contributed by atoms with E-state index in [4.69, 9.17) is 9.72 Å². The van der Waals surface area contributed by atoms with Gasteiger partial charge in [0.2, 0.25) is 11.8 Å². The molecule has 43 heavy (non-hydrogen) atoms. The SMILES string of the molecule is CCc1cc(Br)cc2c(C(=O)OCC(=O)c3ccc(C)cc3)cc(-c3ccc(N4C(=O)C5CC=CCC5C4=O)cc3)nc12. The standard InChI is InChI=1S/C35H29BrN2O5/c1-3-21-16-24(36)17-28-29(35(42)43-19-31(39)23-10-8-20(2)9-11-23)18-30(37-32(21)28)22-12-14-25(15-13-22)38-33(40)26-6-4-5-7-27(26)34(38)41/h4-5,8-18,26-27H,3,6-7,19H2,1-2H3. The number of imide groups is 1. The number of carbonyl (C=O) groups is 4. The minimum Gasteiger partial charge on any atom is -0.454 e. The van der Waals surface area contributed by atoms with Gasteiger partial charge in [0.1, 0.15) is 0 Å². The van der Waals surface area contributed by atoms with Crippen LogP contribution in [0.15, 0.2) is 83.4 Å². The number of allylic oxidation sites excluding steroid dienone is 2. The molecule has 2 amide bonds. The molecule has 2 unspecified atom stereocenters. The van der Waals surface area contributed by atoms with E-state index in [2.05, 4.69) is 15.9 Å². The first-order chi connectivity index (χ1) is 20.7. The van der Waals surface area contributed by atoms with Crippen LogP contribution in [-0.2, 0) is 20.7 Å². The summed E-state index contributed by atoms with van der Waals surface area (Å²) < 4.78 is 6.33. The first-order valence-electron chi connectivity index (χ1n) is 14.3. The fourth-order valence-electron chi connectivity index (χ4n) is 5.81. The Balaban J connectivity index is 1.32. The van der Waals surface area contributed by atoms with Crippen molar-refractivity contribution in [3.05, 3.63) is 106 Å². The lowest BCUT2D eigenvalue weighted by Crippen LogP contribution is -2.30. The number of ether oxygens (including phenoxy) is 1. The number of aromatic nitrogens is 1. The van der Waals surface area contributed by atoms with Crippen molar-refractivity contribution in [1.82, 2.24) is 4.98 Å². The number of halogens is 1. The quantitative estimate of drug-likeness (QED) is 0.0935. The summed E-state index contributed by atoms with van der Waals surface area (Å²) in [5, 5.41) is 0.615. The van der Waals surface area contributed by atoms with Gasteiger partial charge >= 0.3 is 5.97 Å². The van der Waals surface area contributed by atoms with E-state index in [1.807, 2.05) is 50.3 Å². The molecule has 1 aliphatic carbocycles. The largest absolute Gasteiger partial charge is 0.454 e. The molecule has 0 bridgehead atoms. The summed E-state index contributed by atoms with van der Waals surface area (Å²) in [6.07, 6.45) is 5.78. The molecule has 0 saturated carbocycles. The molecule has 6 rings (SSSR count). The van der Waals surface area contributed by atoms with Crippen LogP contribution >= 0.6 is 15.9 Å². The van der Waals surface area contributed by atoms with Crippen molar-refractivity contribution >= 4 is 56.1 Å². The monoisotopic (exact) mass is 636 g/mol. The molecule has 0 radical (unpaired) electrons. The van der Waals surface area contributed by atoms with Crippen LogP contribution in [-0.4, -0.2) is 35.2 Å². The highest BCUT2D eigenvalue weighted by Crippen LogP contribution is 2.38. The molecule has 2 atom stereocenters. The Morgan fingerprint density at radius 2 is 1.58 bits per heavy atom. The first-order valence-corrected chi connectivity index (χ1v) is 15.1. The highest BCUT2D eigenvalue weighted by Gasteiger charge is 2.47. The molecule has 0 spiro atoms. The predicted octanol–water partition coefficient (Wildman–Crippen LogP) is 7.03. The molecule has 1 saturated heterocycles. The van der Waals surface area contributed by atoms with E-state index in [1.165, 1.54) is 4.90 Å². The van der Waals surface area contributed by atoms with Gasteiger partial charge in [0, 0.05) is 21.0 Å². The second kappa shape index (κ2) is 11.7. The number of amides is 2. The number of esters is 1. The summed E-state index contributed by atoms with van der Waals surface area (Å²) >= 11 is 3.54. The van der Waals surface area contributed by atoms with Crippen LogP contribution in [0, 0.1) is 18.8 Å². The number of fused-ring (bicyclic) bond motifs is 2. The summed E-state index contributed by atoms with van der Waals surface area (Å²) in [5.74, 6) is -1.87. The molecule has 7 nitrogen and oxygen atoms in total. The second-order valence-electron chi connectivity index (χ2n) is 10.9. The van der Waals surface area contributed by atoms with Gasteiger partial charge < -0.3 is 4.74 Å². The lowest BCUT2D eigenvalue weighted by molar-refractivity contribution is -0.122. The van der Waals surface area contributed by atoms with Gasteiger partial charge in [-0.25, -0.2) is 9.78 Å². The van der Waals surface area contributed by atoms with Crippen LogP contribution in [0.2, 0.25) is 0 Å². The number of carbonyl (C=O) groups excluding carboxylic acids is 4. The summed E-state index contributed by atoms with van der Waals surface area (Å²) in [5.41, 5.74) is 5.15. The van der Waals surface area contributed by atoms with Gasteiger partial charge in [-0.15, -0.1) is 0 Å². The van der Waals surface area contributed by atoms with Gasteiger partial charge in [0.25, 0.3) is 0 Å². The number of rotatable bonds is 7. The third kappa shape index (κ3) is 5.43. The van der Waals surface area contributed by atoms with Crippen molar-refractivity contribution < 1.29 is 23.9 Å². The number of benzene rings is 3. The van der Waals surface area contributed by atoms with Crippen LogP contribution in [0.3, 0.4) is 0 Å². The zero-order valence-corrected chi connectivity index (χ0v) is 25.4. The Morgan fingerprint density at radius 3 is 2.21 bits per heavy atom. The molecule has 2 heterocycles. The topological polar surface area (TPSA) is 93.6 Å². The minimum absolute atomic E-state index is 0.167. The van der Waals surface area contributed by atoms with Crippen molar-refractivity contribution in [1.29, 1.82) is 0 Å². The average Bonchev–Trinajstić information content (AvgIpc) is 3.28. The Hall–Kier alpha value is -4.43. The lowest BCUT2D eigenvalue weighted by atomic mass is 9.85. The predicted molar refractivity (Wildman–Crippen MR) is 168 cm³/mol. The maximum absolute atomic E-state index is 13.5. The zero-order chi connectivity index (χ0) is 30.2. The van der Waals surface area contributed by atoms with Gasteiger partial charge in [0.05, 0.1) is 34.3 Å². The van der Waals surface area contributed by atoms with E-state index < -0.39 is 5.97 Å². The third-order valence-electron chi connectivity index (χ3n) is 8.19. The normalized spacial score (nSPS) is 17.8. The fraction of sp³-hybridized carbons (Fsp3) is 0.229. The molecule has 4 aromatic rings. The maximum atomic E-state index is 13.5. The van der Waals surface area contributed by atoms with E-state index in [1.54, 1.807) is 42.5 Å². The molecular formula is C35H29BrN2O5. The van der Waals surface area contributed by atoms with Crippen molar-refractivity contribution in [3.63, 3.8) is 0 Å². The average molecular weight is 638 g/mol. The molecule has 0 N–H and O–H groups in total. The highest BCUT2D eigenvalue weighted by atomic mass is 79.9. The Labute approximate surface area is 257 Å². The molecular weight excluding hydrogens is 608 g/mol. The Bertz CT molecular complexity index is 1790. The molecule has 1 aromatic heterocycles. The Morgan fingerprint density at radius 1 is 0.930 bits per heavy atom. The van der Waals surface area contributed by atoms with Gasteiger partial charge in [-0.3, -0.25) is 19.3 Å². The number of anilines is 1. The van der Waals surface area contributed by atoms with Crippen LogP contribution in [0.4, 0.5) is 5.69 Å². The number of ketones is 1. The highest BCUT2D eigenvalue weighted by molar-refractivity contribution is 9.10. The van der Waals surface area contributed by atoms with Crippen LogP contribution in [0.1, 0.15) is 51.6 Å². The summed E-state index contributed by atoms with van der Waals surface area (Å²) in [6.45, 7) is 3.56. The number of hydrogen-bond acceptors (Lipinski definition) is 6. The van der Waals surface area contributed by atoms with E-state index in [0.29, 0.717) is 58.2 Å². The van der Waals surface area contributed by atoms with Gasteiger partial charge in [-0.2, -0.15) is 0 Å². The Kier molecular flexibility index (Phi) is 7.79. The van der Waals surface area contributed by atoms with E-state index in [9.17, 15) is 19.2 Å². The number of pyridine rings is 1. The van der Waals surface area contributed by atoms with E-state index in [0.717, 1.165) is 15.6 Å². The summed E-state index contributed by atoms with van der Waals surface area (Å²) in [7, 11) is 0. The summed E-state index contributed by atoms with van der Waals surface area (Å²) in [6, 6.07) is 19.6. The molecule has 8 heteroatoms. The fourth-order valence-corrected chi connectivity index (χ4v) is 6.32. The number of aryl methyl sites for hydroxylation is 2. The van der Waals surface area contributed by atoms with Crippen molar-refractivity contribution in [2.24, 2.45) is 11.8 Å². The smallest absolute Gasteiger partial charge is 0.339 e. The zero-order valence-electron chi connectivity index (χ0n) is 23.8. The van der Waals surface area contributed by atoms with Crippen LogP contribution in [0.5, 0.6) is 0 Å². The van der Waals surface area contributed by atoms with Gasteiger partial charge in [0.15, 0.2) is 12.4 Å². The molecule has 2 aliphatic rings. The van der Waals surface area contributed by atoms with Crippen LogP contribution < -0.4 is 4.90 Å². The number of Topliss-reactive ketones (excluding diaryl/α,β-unsaturated/α-hetero) is 1. The number of hydrogen-bond donors (Lipinski definition) is 0. The number of nitrogens with zero attached hydrogens (tertiary/aromatic N) is 2. The third-order valence-corrected chi connectivity index (χ3v) is 8.65.